The molecule has 7 heteroatoms. The molecule has 0 rings (SSSR count). The van der Waals surface area contributed by atoms with Crippen molar-refractivity contribution < 1.29 is 19.8 Å². The average Bonchev–Trinajstić information content (AvgIpc) is 2.48. The maximum Gasteiger partial charge on any atom is 0.320 e. The molecule has 0 aromatic rings. The molecule has 22 heavy (non-hydrogen) atoms. The van der Waals surface area contributed by atoms with Crippen LogP contribution >= 0.6 is 11.8 Å². The Kier molecular flexibility index (Phi) is 29.9. The Bertz CT molecular complexity index is 252. The standard InChI is InChI=1S/C6H13NO2.C5H11NO2S.2C2H6/c1-4(2)3-5(7)6(8)9;1-9-3-2-4(6)5(7)8;2*1-2/h4-5H,3,7H2,1-2H3,(H,8,9);4H,2-3,6H2,1H3,(H,7,8);2*1-2H3. The van der Waals surface area contributed by atoms with Crippen molar-refractivity contribution in [3.8, 4) is 0 Å². The van der Waals surface area contributed by atoms with Crippen molar-refractivity contribution in [1.29, 1.82) is 0 Å². The van der Waals surface area contributed by atoms with Crippen molar-refractivity contribution in [3.63, 3.8) is 0 Å². The summed E-state index contributed by atoms with van der Waals surface area (Å²) in [5.74, 6) is -0.656. The van der Waals surface area contributed by atoms with Crippen molar-refractivity contribution in [1.82, 2.24) is 0 Å². The SMILES string of the molecule is CC.CC.CC(C)CC(N)C(=O)O.CSCCC(N)C(=O)O. The van der Waals surface area contributed by atoms with E-state index in [2.05, 4.69) is 0 Å². The minimum Gasteiger partial charge on any atom is -0.480 e. The number of aliphatic carboxylic acids is 2. The lowest BCUT2D eigenvalue weighted by atomic mass is 10.1. The number of hydrogen-bond donors (Lipinski definition) is 4. The molecule has 0 amide bonds. The zero-order chi connectivity index (χ0) is 18.7. The van der Waals surface area contributed by atoms with E-state index in [9.17, 15) is 9.59 Å². The van der Waals surface area contributed by atoms with Gasteiger partial charge in [-0.15, -0.1) is 0 Å². The van der Waals surface area contributed by atoms with Crippen molar-refractivity contribution in [2.24, 2.45) is 17.4 Å². The fourth-order valence-corrected chi connectivity index (χ4v) is 1.47. The summed E-state index contributed by atoms with van der Waals surface area (Å²) in [5.41, 5.74) is 10.4. The Morgan fingerprint density at radius 2 is 1.32 bits per heavy atom. The van der Waals surface area contributed by atoms with Gasteiger partial charge in [-0.05, 0) is 30.8 Å². The molecular formula is C15H36N2O4S. The summed E-state index contributed by atoms with van der Waals surface area (Å²) in [4.78, 5) is 20.2. The molecule has 0 aliphatic carbocycles. The quantitative estimate of drug-likeness (QED) is 0.561. The summed E-state index contributed by atoms with van der Waals surface area (Å²) in [5, 5.41) is 16.6. The van der Waals surface area contributed by atoms with E-state index < -0.39 is 24.0 Å². The number of carbonyl (C=O) groups is 2. The zero-order valence-corrected chi connectivity index (χ0v) is 15.9. The molecule has 0 aliphatic rings. The molecule has 0 radical (unpaired) electrons. The number of nitrogens with two attached hydrogens (primary N) is 2. The van der Waals surface area contributed by atoms with Crippen molar-refractivity contribution in [3.05, 3.63) is 0 Å². The molecule has 0 saturated carbocycles. The minimum absolute atomic E-state index is 0.357. The summed E-state index contributed by atoms with van der Waals surface area (Å²) < 4.78 is 0. The molecular weight excluding hydrogens is 304 g/mol. The van der Waals surface area contributed by atoms with Crippen LogP contribution in [0.2, 0.25) is 0 Å². The molecule has 2 atom stereocenters. The molecule has 0 heterocycles. The van der Waals surface area contributed by atoms with Crippen LogP contribution in [-0.4, -0.2) is 46.2 Å². The maximum absolute atomic E-state index is 10.1. The van der Waals surface area contributed by atoms with E-state index in [1.807, 2.05) is 47.8 Å². The molecule has 0 aromatic heterocycles. The topological polar surface area (TPSA) is 127 Å². The van der Waals surface area contributed by atoms with Crippen LogP contribution in [0.1, 0.15) is 54.4 Å². The number of carboxylic acid groups (broad SMARTS) is 2. The third-order valence-corrected chi connectivity index (χ3v) is 2.64. The lowest BCUT2D eigenvalue weighted by molar-refractivity contribution is -0.139. The second kappa shape index (κ2) is 22.5. The van der Waals surface area contributed by atoms with E-state index in [0.29, 0.717) is 18.8 Å². The third kappa shape index (κ3) is 27.5. The van der Waals surface area contributed by atoms with Gasteiger partial charge in [0.2, 0.25) is 0 Å². The number of carboxylic acids is 2. The van der Waals surface area contributed by atoms with Crippen molar-refractivity contribution in [2.75, 3.05) is 12.0 Å². The summed E-state index contributed by atoms with van der Waals surface area (Å²) in [6.45, 7) is 11.9. The third-order valence-electron chi connectivity index (χ3n) is 1.99. The van der Waals surface area contributed by atoms with Crippen LogP contribution in [-0.2, 0) is 9.59 Å². The minimum atomic E-state index is -0.913. The van der Waals surface area contributed by atoms with Crippen LogP contribution < -0.4 is 11.5 Å². The summed E-state index contributed by atoms with van der Waals surface area (Å²) >= 11 is 1.60. The normalized spacial score (nSPS) is 11.5. The van der Waals surface area contributed by atoms with Gasteiger partial charge in [-0.2, -0.15) is 11.8 Å². The summed E-state index contributed by atoms with van der Waals surface area (Å²) in [6.07, 6.45) is 3.03. The fourth-order valence-electron chi connectivity index (χ4n) is 0.977. The van der Waals surface area contributed by atoms with E-state index >= 15 is 0 Å². The Morgan fingerprint density at radius 3 is 1.50 bits per heavy atom. The summed E-state index contributed by atoms with van der Waals surface area (Å²) in [6, 6.07) is -1.37. The van der Waals surface area contributed by atoms with Crippen molar-refractivity contribution in [2.45, 2.75) is 66.5 Å². The first-order valence-electron chi connectivity index (χ1n) is 7.68. The Labute approximate surface area is 140 Å². The Hall–Kier alpha value is -0.790. The van der Waals surface area contributed by atoms with E-state index in [4.69, 9.17) is 21.7 Å². The predicted octanol–water partition coefficient (Wildman–Crippen LogP) is 2.65. The van der Waals surface area contributed by atoms with Gasteiger partial charge >= 0.3 is 11.9 Å². The van der Waals surface area contributed by atoms with Gasteiger partial charge in [0.15, 0.2) is 0 Å². The Balaban J connectivity index is -0.000000120. The maximum atomic E-state index is 10.1. The van der Waals surface area contributed by atoms with Crippen LogP contribution in [0.3, 0.4) is 0 Å². The molecule has 2 unspecified atom stereocenters. The van der Waals surface area contributed by atoms with Crippen LogP contribution in [0.15, 0.2) is 0 Å². The van der Waals surface area contributed by atoms with Gasteiger partial charge in [-0.1, -0.05) is 41.5 Å². The highest BCUT2D eigenvalue weighted by atomic mass is 32.2. The molecule has 6 nitrogen and oxygen atoms in total. The Morgan fingerprint density at radius 1 is 0.955 bits per heavy atom. The number of hydrogen-bond acceptors (Lipinski definition) is 5. The first-order chi connectivity index (χ1) is 10.2. The number of thioether (sulfide) groups is 1. The van der Waals surface area contributed by atoms with E-state index in [1.54, 1.807) is 11.8 Å². The smallest absolute Gasteiger partial charge is 0.320 e. The van der Waals surface area contributed by atoms with Gasteiger partial charge in [0.25, 0.3) is 0 Å². The van der Waals surface area contributed by atoms with E-state index in [0.717, 1.165) is 5.75 Å². The molecule has 0 aromatic carbocycles. The molecule has 136 valence electrons. The summed E-state index contributed by atoms with van der Waals surface area (Å²) in [7, 11) is 0. The highest BCUT2D eigenvalue weighted by Gasteiger charge is 2.12. The van der Waals surface area contributed by atoms with Gasteiger partial charge in [0.1, 0.15) is 12.1 Å². The molecule has 0 bridgehead atoms. The van der Waals surface area contributed by atoms with Gasteiger partial charge in [0, 0.05) is 0 Å². The van der Waals surface area contributed by atoms with E-state index in [1.165, 1.54) is 0 Å². The molecule has 0 saturated heterocycles. The molecule has 0 aliphatic heterocycles. The first kappa shape index (κ1) is 29.2. The van der Waals surface area contributed by atoms with Crippen LogP contribution in [0.4, 0.5) is 0 Å². The first-order valence-corrected chi connectivity index (χ1v) is 9.07. The fraction of sp³-hybridized carbons (Fsp3) is 0.867. The number of rotatable bonds is 7. The van der Waals surface area contributed by atoms with Gasteiger partial charge < -0.3 is 21.7 Å². The lowest BCUT2D eigenvalue weighted by Crippen LogP contribution is -2.31. The second-order valence-electron chi connectivity index (χ2n) is 4.30. The lowest BCUT2D eigenvalue weighted by Gasteiger charge is -2.07. The highest BCUT2D eigenvalue weighted by Crippen LogP contribution is 2.01. The molecule has 6 N–H and O–H groups in total. The highest BCUT2D eigenvalue weighted by molar-refractivity contribution is 7.98. The van der Waals surface area contributed by atoms with Crippen LogP contribution in [0.25, 0.3) is 0 Å². The van der Waals surface area contributed by atoms with Crippen LogP contribution in [0, 0.1) is 5.92 Å². The monoisotopic (exact) mass is 340 g/mol. The molecule has 0 spiro atoms. The molecule has 0 fully saturated rings. The predicted molar refractivity (Wildman–Crippen MR) is 96.4 cm³/mol. The van der Waals surface area contributed by atoms with E-state index in [-0.39, 0.29) is 0 Å². The zero-order valence-electron chi connectivity index (χ0n) is 15.1. The van der Waals surface area contributed by atoms with Gasteiger partial charge in [-0.25, -0.2) is 0 Å². The van der Waals surface area contributed by atoms with Gasteiger partial charge in [-0.3, -0.25) is 9.59 Å². The second-order valence-corrected chi connectivity index (χ2v) is 5.29. The largest absolute Gasteiger partial charge is 0.480 e. The average molecular weight is 341 g/mol. The van der Waals surface area contributed by atoms with Crippen molar-refractivity contribution >= 4 is 23.7 Å². The van der Waals surface area contributed by atoms with Crippen LogP contribution in [0.5, 0.6) is 0 Å². The van der Waals surface area contributed by atoms with Gasteiger partial charge in [0.05, 0.1) is 0 Å².